The molecule has 0 amide bonds. The van der Waals surface area contributed by atoms with E-state index in [1.165, 1.54) is 0 Å². The van der Waals surface area contributed by atoms with Crippen molar-refractivity contribution in [2.45, 2.75) is 19.4 Å². The number of para-hydroxylation sites is 3. The first-order valence-corrected chi connectivity index (χ1v) is 7.39. The molecule has 4 rings (SSSR count). The van der Waals surface area contributed by atoms with Crippen LogP contribution in [0.5, 0.6) is 0 Å². The summed E-state index contributed by atoms with van der Waals surface area (Å²) in [6.45, 7) is 0.782. The van der Waals surface area contributed by atoms with Crippen LogP contribution in [0, 0.1) is 11.3 Å². The third kappa shape index (κ3) is 1.91. The Kier molecular flexibility index (Phi) is 2.97. The summed E-state index contributed by atoms with van der Waals surface area (Å²) >= 11 is 0. The summed E-state index contributed by atoms with van der Waals surface area (Å²) in [4.78, 5) is 9.62. The molecule has 0 aliphatic carbocycles. The molecule has 0 N–H and O–H groups in total. The number of rotatable bonds is 3. The average Bonchev–Trinajstić information content (AvgIpc) is 2.87. The minimum atomic E-state index is 0.551. The first-order valence-electron chi connectivity index (χ1n) is 7.39. The second-order valence-corrected chi connectivity index (χ2v) is 5.31. The Labute approximate surface area is 127 Å². The summed E-state index contributed by atoms with van der Waals surface area (Å²) in [5.74, 6) is 0. The van der Waals surface area contributed by atoms with E-state index in [9.17, 15) is 0 Å². The van der Waals surface area contributed by atoms with Gasteiger partial charge in [0.1, 0.15) is 5.52 Å². The van der Waals surface area contributed by atoms with Crippen molar-refractivity contribution in [3.63, 3.8) is 0 Å². The van der Waals surface area contributed by atoms with E-state index in [0.717, 1.165) is 46.1 Å². The van der Waals surface area contributed by atoms with Crippen molar-refractivity contribution >= 4 is 33.1 Å². The molecule has 2 aromatic carbocycles. The van der Waals surface area contributed by atoms with Crippen LogP contribution in [-0.4, -0.2) is 14.5 Å². The molecule has 2 aromatic heterocycles. The lowest BCUT2D eigenvalue weighted by molar-refractivity contribution is 0.687. The van der Waals surface area contributed by atoms with Gasteiger partial charge in [-0.25, -0.2) is 9.97 Å². The molecule has 0 bridgehead atoms. The average molecular weight is 286 g/mol. The predicted octanol–water partition coefficient (Wildman–Crippen LogP) is 4.04. The quantitative estimate of drug-likeness (QED) is 0.534. The van der Waals surface area contributed by atoms with Crippen molar-refractivity contribution in [3.8, 4) is 6.07 Å². The van der Waals surface area contributed by atoms with Crippen LogP contribution in [0.1, 0.15) is 12.8 Å². The molecule has 0 fully saturated rings. The Bertz CT molecular complexity index is 1020. The van der Waals surface area contributed by atoms with E-state index >= 15 is 0 Å². The van der Waals surface area contributed by atoms with Crippen LogP contribution in [-0.2, 0) is 6.54 Å². The second kappa shape index (κ2) is 5.12. The van der Waals surface area contributed by atoms with Crippen LogP contribution in [0.4, 0.5) is 0 Å². The highest BCUT2D eigenvalue weighted by Gasteiger charge is 2.13. The molecule has 0 atom stereocenters. The van der Waals surface area contributed by atoms with Crippen molar-refractivity contribution in [2.75, 3.05) is 0 Å². The number of nitrogens with zero attached hydrogens (tertiary/aromatic N) is 4. The molecule has 0 aliphatic heterocycles. The van der Waals surface area contributed by atoms with E-state index in [0.29, 0.717) is 6.42 Å². The number of fused-ring (bicyclic) bond motifs is 4. The van der Waals surface area contributed by atoms with Crippen LogP contribution in [0.3, 0.4) is 0 Å². The zero-order valence-corrected chi connectivity index (χ0v) is 12.0. The van der Waals surface area contributed by atoms with Gasteiger partial charge in [0.25, 0.3) is 0 Å². The molecule has 0 spiro atoms. The molecule has 0 aliphatic rings. The third-order valence-corrected chi connectivity index (χ3v) is 3.93. The number of aromatic nitrogens is 3. The topological polar surface area (TPSA) is 54.5 Å². The third-order valence-electron chi connectivity index (χ3n) is 3.93. The maximum absolute atomic E-state index is 8.78. The SMILES string of the molecule is N#CCCCn1c2ccccc2c2nc3ccccc3nc21. The summed E-state index contributed by atoms with van der Waals surface area (Å²) in [6, 6.07) is 18.4. The van der Waals surface area contributed by atoms with E-state index in [1.807, 2.05) is 36.4 Å². The molecule has 0 radical (unpaired) electrons. The Morgan fingerprint density at radius 3 is 2.50 bits per heavy atom. The molecular weight excluding hydrogens is 272 g/mol. The maximum Gasteiger partial charge on any atom is 0.160 e. The minimum absolute atomic E-state index is 0.551. The van der Waals surface area contributed by atoms with Crippen molar-refractivity contribution in [2.24, 2.45) is 0 Å². The first kappa shape index (κ1) is 12.8. The molecule has 22 heavy (non-hydrogen) atoms. The molecular formula is C18H14N4. The van der Waals surface area contributed by atoms with Gasteiger partial charge in [0.15, 0.2) is 5.65 Å². The lowest BCUT2D eigenvalue weighted by Gasteiger charge is -2.05. The molecule has 4 aromatic rings. The molecule has 0 saturated carbocycles. The number of hydrogen-bond donors (Lipinski definition) is 0. The van der Waals surface area contributed by atoms with Gasteiger partial charge in [-0.2, -0.15) is 5.26 Å². The summed E-state index contributed by atoms with van der Waals surface area (Å²) in [5, 5.41) is 9.89. The zero-order valence-electron chi connectivity index (χ0n) is 12.0. The van der Waals surface area contributed by atoms with Gasteiger partial charge in [-0.05, 0) is 24.6 Å². The van der Waals surface area contributed by atoms with E-state index in [4.69, 9.17) is 15.2 Å². The number of aryl methyl sites for hydroxylation is 1. The molecule has 0 unspecified atom stereocenters. The van der Waals surface area contributed by atoms with E-state index in [1.54, 1.807) is 0 Å². The summed E-state index contributed by atoms with van der Waals surface area (Å²) in [6.07, 6.45) is 1.37. The number of unbranched alkanes of at least 4 members (excludes halogenated alkanes) is 1. The van der Waals surface area contributed by atoms with E-state index in [2.05, 4.69) is 22.8 Å². The number of nitriles is 1. The van der Waals surface area contributed by atoms with Crippen LogP contribution in [0.2, 0.25) is 0 Å². The van der Waals surface area contributed by atoms with Crippen LogP contribution in [0.15, 0.2) is 48.5 Å². The second-order valence-electron chi connectivity index (χ2n) is 5.31. The van der Waals surface area contributed by atoms with E-state index in [-0.39, 0.29) is 0 Å². The maximum atomic E-state index is 8.78. The van der Waals surface area contributed by atoms with Crippen molar-refractivity contribution in [3.05, 3.63) is 48.5 Å². The van der Waals surface area contributed by atoms with Crippen LogP contribution in [0.25, 0.3) is 33.1 Å². The van der Waals surface area contributed by atoms with Crippen molar-refractivity contribution in [1.82, 2.24) is 14.5 Å². The number of hydrogen-bond acceptors (Lipinski definition) is 3. The van der Waals surface area contributed by atoms with Crippen LogP contribution < -0.4 is 0 Å². The molecule has 0 saturated heterocycles. The largest absolute Gasteiger partial charge is 0.324 e. The zero-order chi connectivity index (χ0) is 14.9. The molecule has 4 heteroatoms. The molecule has 4 nitrogen and oxygen atoms in total. The van der Waals surface area contributed by atoms with Gasteiger partial charge >= 0.3 is 0 Å². The van der Waals surface area contributed by atoms with E-state index < -0.39 is 0 Å². The highest BCUT2D eigenvalue weighted by atomic mass is 15.1. The fraction of sp³-hybridized carbons (Fsp3) is 0.167. The van der Waals surface area contributed by atoms with Crippen molar-refractivity contribution in [1.29, 1.82) is 5.26 Å². The minimum Gasteiger partial charge on any atom is -0.324 e. The van der Waals surface area contributed by atoms with Gasteiger partial charge < -0.3 is 4.57 Å². The Balaban J connectivity index is 2.05. The van der Waals surface area contributed by atoms with Gasteiger partial charge in [0, 0.05) is 18.4 Å². The lowest BCUT2D eigenvalue weighted by Crippen LogP contribution is -1.99. The van der Waals surface area contributed by atoms with Gasteiger partial charge in [-0.15, -0.1) is 0 Å². The highest BCUT2D eigenvalue weighted by Crippen LogP contribution is 2.28. The molecule has 2 heterocycles. The Hall–Kier alpha value is -2.93. The summed E-state index contributed by atoms with van der Waals surface area (Å²) < 4.78 is 2.18. The first-order chi connectivity index (χ1) is 10.9. The molecule has 106 valence electrons. The fourth-order valence-corrected chi connectivity index (χ4v) is 2.93. The van der Waals surface area contributed by atoms with Crippen molar-refractivity contribution < 1.29 is 0 Å². The van der Waals surface area contributed by atoms with Gasteiger partial charge in [0.05, 0.1) is 22.6 Å². The number of benzene rings is 2. The standard InChI is InChI=1S/C18H14N4/c19-11-5-6-12-22-16-10-4-1-7-13(16)17-18(22)21-15-9-3-2-8-14(15)20-17/h1-4,7-10H,5-6,12H2. The summed E-state index contributed by atoms with van der Waals surface area (Å²) in [5.41, 5.74) is 4.78. The Morgan fingerprint density at radius 1 is 0.955 bits per heavy atom. The Morgan fingerprint density at radius 2 is 1.68 bits per heavy atom. The predicted molar refractivity (Wildman–Crippen MR) is 87.4 cm³/mol. The van der Waals surface area contributed by atoms with Gasteiger partial charge in [-0.1, -0.05) is 30.3 Å². The monoisotopic (exact) mass is 286 g/mol. The van der Waals surface area contributed by atoms with Crippen LogP contribution >= 0.6 is 0 Å². The lowest BCUT2D eigenvalue weighted by atomic mass is 10.2. The highest BCUT2D eigenvalue weighted by molar-refractivity contribution is 6.06. The smallest absolute Gasteiger partial charge is 0.160 e. The fourth-order valence-electron chi connectivity index (χ4n) is 2.93. The summed E-state index contributed by atoms with van der Waals surface area (Å²) in [7, 11) is 0. The van der Waals surface area contributed by atoms with Gasteiger partial charge in [-0.3, -0.25) is 0 Å². The van der Waals surface area contributed by atoms with Gasteiger partial charge in [0.2, 0.25) is 0 Å². The normalized spacial score (nSPS) is 11.2.